The van der Waals surface area contributed by atoms with Crippen molar-refractivity contribution in [1.29, 1.82) is 0 Å². The maximum absolute atomic E-state index is 10.4. The molecule has 1 aliphatic heterocycles. The standard InChI is InChI=1S/C8H15N2O/c9-8(11)4-3-7-2-1-5-10-6-7/h7H,1-6H2,(H2,9,11). The molecule has 1 heterocycles. The first-order valence-corrected chi connectivity index (χ1v) is 4.20. The van der Waals surface area contributed by atoms with E-state index < -0.39 is 0 Å². The summed E-state index contributed by atoms with van der Waals surface area (Å²) in [4.78, 5) is 10.4. The van der Waals surface area contributed by atoms with Crippen molar-refractivity contribution in [1.82, 2.24) is 5.32 Å². The number of piperidine rings is 1. The lowest BCUT2D eigenvalue weighted by molar-refractivity contribution is -0.118. The van der Waals surface area contributed by atoms with Gasteiger partial charge in [-0.05, 0) is 25.2 Å². The average Bonchev–Trinajstić information content (AvgIpc) is 2.03. The molecule has 11 heavy (non-hydrogen) atoms. The zero-order chi connectivity index (χ0) is 8.10. The Labute approximate surface area is 67.3 Å². The van der Waals surface area contributed by atoms with Crippen LogP contribution in [-0.4, -0.2) is 19.0 Å². The Morgan fingerprint density at radius 1 is 1.64 bits per heavy atom. The molecule has 63 valence electrons. The largest absolute Gasteiger partial charge is 0.370 e. The number of nitrogens with zero attached hydrogens (tertiary/aromatic N) is 1. The molecule has 0 spiro atoms. The summed E-state index contributed by atoms with van der Waals surface area (Å²) in [5.74, 6) is 0.437. The van der Waals surface area contributed by atoms with E-state index in [9.17, 15) is 4.79 Å². The molecule has 1 radical (unpaired) electrons. The highest BCUT2D eigenvalue weighted by atomic mass is 16.1. The molecule has 0 aromatic rings. The smallest absolute Gasteiger partial charge is 0.217 e. The van der Waals surface area contributed by atoms with E-state index in [4.69, 9.17) is 5.73 Å². The minimum absolute atomic E-state index is 0.185. The fraction of sp³-hybridized carbons (Fsp3) is 0.875. The van der Waals surface area contributed by atoms with E-state index in [2.05, 4.69) is 5.32 Å². The number of amides is 1. The minimum Gasteiger partial charge on any atom is -0.370 e. The third kappa shape index (κ3) is 3.37. The van der Waals surface area contributed by atoms with Gasteiger partial charge in [-0.3, -0.25) is 4.79 Å². The molecule has 1 fully saturated rings. The van der Waals surface area contributed by atoms with E-state index in [-0.39, 0.29) is 5.91 Å². The Kier molecular flexibility index (Phi) is 3.36. The van der Waals surface area contributed by atoms with Crippen molar-refractivity contribution in [3.8, 4) is 0 Å². The molecule has 0 bridgehead atoms. The number of nitrogens with two attached hydrogens (primary N) is 1. The number of hydrogen-bond acceptors (Lipinski definition) is 1. The molecule has 3 nitrogen and oxygen atoms in total. The van der Waals surface area contributed by atoms with Gasteiger partial charge in [0.1, 0.15) is 0 Å². The zero-order valence-corrected chi connectivity index (χ0v) is 6.75. The number of rotatable bonds is 3. The molecule has 1 atom stereocenters. The summed E-state index contributed by atoms with van der Waals surface area (Å²) < 4.78 is 0. The van der Waals surface area contributed by atoms with Crippen LogP contribution in [0.3, 0.4) is 0 Å². The van der Waals surface area contributed by atoms with E-state index in [0.29, 0.717) is 12.3 Å². The first-order valence-electron chi connectivity index (χ1n) is 4.20. The third-order valence-electron chi connectivity index (χ3n) is 2.11. The van der Waals surface area contributed by atoms with Gasteiger partial charge in [0, 0.05) is 19.5 Å². The van der Waals surface area contributed by atoms with Crippen molar-refractivity contribution in [2.24, 2.45) is 11.7 Å². The average molecular weight is 155 g/mol. The molecule has 0 aliphatic carbocycles. The van der Waals surface area contributed by atoms with Gasteiger partial charge in [0.2, 0.25) is 5.91 Å². The Balaban J connectivity index is 2.09. The van der Waals surface area contributed by atoms with Crippen molar-refractivity contribution >= 4 is 5.91 Å². The summed E-state index contributed by atoms with van der Waals surface area (Å²) >= 11 is 0. The Morgan fingerprint density at radius 3 is 3.00 bits per heavy atom. The zero-order valence-electron chi connectivity index (χ0n) is 6.75. The van der Waals surface area contributed by atoms with Crippen LogP contribution in [-0.2, 0) is 4.79 Å². The highest BCUT2D eigenvalue weighted by Gasteiger charge is 2.13. The second-order valence-electron chi connectivity index (χ2n) is 3.14. The van der Waals surface area contributed by atoms with E-state index in [0.717, 1.165) is 19.5 Å². The SMILES string of the molecule is NC(=O)CCC1CCC[N]C1. The van der Waals surface area contributed by atoms with E-state index in [1.807, 2.05) is 0 Å². The fourth-order valence-electron chi connectivity index (χ4n) is 1.44. The molecule has 3 heteroatoms. The fourth-order valence-corrected chi connectivity index (χ4v) is 1.44. The van der Waals surface area contributed by atoms with Crippen LogP contribution in [0.25, 0.3) is 0 Å². The van der Waals surface area contributed by atoms with Crippen LogP contribution in [0.2, 0.25) is 0 Å². The number of carbonyl (C=O) groups is 1. The highest BCUT2D eigenvalue weighted by Crippen LogP contribution is 2.15. The van der Waals surface area contributed by atoms with Gasteiger partial charge in [0.25, 0.3) is 0 Å². The quantitative estimate of drug-likeness (QED) is 0.624. The summed E-state index contributed by atoms with van der Waals surface area (Å²) in [6.45, 7) is 1.94. The predicted molar refractivity (Wildman–Crippen MR) is 43.0 cm³/mol. The molecule has 1 aliphatic rings. The molecule has 0 aromatic heterocycles. The van der Waals surface area contributed by atoms with Gasteiger partial charge in [-0.1, -0.05) is 0 Å². The molecule has 1 amide bonds. The van der Waals surface area contributed by atoms with Crippen molar-refractivity contribution in [3.05, 3.63) is 0 Å². The second kappa shape index (κ2) is 4.34. The van der Waals surface area contributed by atoms with Crippen LogP contribution in [0.1, 0.15) is 25.7 Å². The lowest BCUT2D eigenvalue weighted by Crippen LogP contribution is -2.25. The van der Waals surface area contributed by atoms with Gasteiger partial charge in [0.05, 0.1) is 0 Å². The van der Waals surface area contributed by atoms with Crippen LogP contribution in [0, 0.1) is 5.92 Å². The van der Waals surface area contributed by atoms with Crippen LogP contribution in [0.4, 0.5) is 0 Å². The van der Waals surface area contributed by atoms with Crippen LogP contribution in [0.5, 0.6) is 0 Å². The van der Waals surface area contributed by atoms with Gasteiger partial charge in [-0.15, -0.1) is 0 Å². The first kappa shape index (κ1) is 8.53. The molecule has 1 saturated heterocycles. The minimum atomic E-state index is -0.185. The number of hydrogen-bond donors (Lipinski definition) is 1. The molecule has 2 N–H and O–H groups in total. The Morgan fingerprint density at radius 2 is 2.45 bits per heavy atom. The van der Waals surface area contributed by atoms with Gasteiger partial charge in [-0.2, -0.15) is 0 Å². The Hall–Kier alpha value is -0.570. The predicted octanol–water partition coefficient (Wildman–Crippen LogP) is 0.266. The molecule has 0 aromatic carbocycles. The molecule has 0 saturated carbocycles. The summed E-state index contributed by atoms with van der Waals surface area (Å²) in [7, 11) is 0. The number of primary amides is 1. The van der Waals surface area contributed by atoms with Crippen molar-refractivity contribution < 1.29 is 4.79 Å². The summed E-state index contributed by atoms with van der Waals surface area (Å²) in [5, 5.41) is 4.28. The lowest BCUT2D eigenvalue weighted by atomic mass is 9.95. The maximum atomic E-state index is 10.4. The maximum Gasteiger partial charge on any atom is 0.217 e. The van der Waals surface area contributed by atoms with E-state index >= 15 is 0 Å². The van der Waals surface area contributed by atoms with Crippen LogP contribution >= 0.6 is 0 Å². The van der Waals surface area contributed by atoms with E-state index in [1.165, 1.54) is 12.8 Å². The highest BCUT2D eigenvalue weighted by molar-refractivity contribution is 5.73. The summed E-state index contributed by atoms with van der Waals surface area (Å²) in [5.41, 5.74) is 5.04. The first-order chi connectivity index (χ1) is 5.29. The van der Waals surface area contributed by atoms with E-state index in [1.54, 1.807) is 0 Å². The van der Waals surface area contributed by atoms with Crippen LogP contribution < -0.4 is 11.1 Å². The lowest BCUT2D eigenvalue weighted by Gasteiger charge is -2.20. The monoisotopic (exact) mass is 155 g/mol. The second-order valence-corrected chi connectivity index (χ2v) is 3.14. The topological polar surface area (TPSA) is 57.2 Å². The van der Waals surface area contributed by atoms with Crippen molar-refractivity contribution in [3.63, 3.8) is 0 Å². The normalized spacial score (nSPS) is 24.9. The van der Waals surface area contributed by atoms with Gasteiger partial charge in [0.15, 0.2) is 0 Å². The van der Waals surface area contributed by atoms with Crippen molar-refractivity contribution in [2.45, 2.75) is 25.7 Å². The van der Waals surface area contributed by atoms with Crippen molar-refractivity contribution in [2.75, 3.05) is 13.1 Å². The molecule has 1 unspecified atom stereocenters. The molecular weight excluding hydrogens is 140 g/mol. The van der Waals surface area contributed by atoms with Gasteiger partial charge < -0.3 is 5.73 Å². The third-order valence-corrected chi connectivity index (χ3v) is 2.11. The summed E-state index contributed by atoms with van der Waals surface area (Å²) in [6.07, 6.45) is 3.86. The number of carbonyl (C=O) groups excluding carboxylic acids is 1. The van der Waals surface area contributed by atoms with Crippen LogP contribution in [0.15, 0.2) is 0 Å². The Bertz CT molecular complexity index is 130. The van der Waals surface area contributed by atoms with Gasteiger partial charge >= 0.3 is 0 Å². The van der Waals surface area contributed by atoms with Gasteiger partial charge in [-0.25, -0.2) is 5.32 Å². The molecular formula is C8H15N2O. The molecule has 1 rings (SSSR count). The summed E-state index contributed by atoms with van der Waals surface area (Å²) in [6, 6.07) is 0.